The lowest BCUT2D eigenvalue weighted by Gasteiger charge is -2.17. The zero-order valence-electron chi connectivity index (χ0n) is 15.0. The second-order valence-electron chi connectivity index (χ2n) is 7.02. The van der Waals surface area contributed by atoms with Crippen molar-refractivity contribution in [2.24, 2.45) is 5.92 Å². The topological polar surface area (TPSA) is 56.1 Å². The monoisotopic (exact) mass is 371 g/mol. The Kier molecular flexibility index (Phi) is 5.70. The summed E-state index contributed by atoms with van der Waals surface area (Å²) < 4.78 is 13.3. The van der Waals surface area contributed by atoms with Gasteiger partial charge in [-0.05, 0) is 55.5 Å². The van der Waals surface area contributed by atoms with Crippen LogP contribution in [0.25, 0.3) is 0 Å². The van der Waals surface area contributed by atoms with Crippen molar-refractivity contribution in [1.29, 1.82) is 5.26 Å². The van der Waals surface area contributed by atoms with Crippen LogP contribution in [0.3, 0.4) is 0 Å². The maximum Gasteiger partial charge on any atom is 0.239 e. The van der Waals surface area contributed by atoms with Crippen LogP contribution >= 0.6 is 11.3 Å². The number of amides is 1. The highest BCUT2D eigenvalue weighted by Crippen LogP contribution is 2.39. The third-order valence-corrected chi connectivity index (χ3v) is 5.80. The third-order valence-electron chi connectivity index (χ3n) is 4.63. The van der Waals surface area contributed by atoms with Crippen molar-refractivity contribution in [2.45, 2.75) is 32.7 Å². The maximum atomic E-state index is 13.3. The molecule has 0 unspecified atom stereocenters. The summed E-state index contributed by atoms with van der Waals surface area (Å²) in [6.07, 6.45) is 2.97. The van der Waals surface area contributed by atoms with E-state index < -0.39 is 0 Å². The van der Waals surface area contributed by atoms with Crippen LogP contribution in [-0.4, -0.2) is 24.4 Å². The van der Waals surface area contributed by atoms with Gasteiger partial charge in [0.05, 0.1) is 12.1 Å². The summed E-state index contributed by atoms with van der Waals surface area (Å²) in [7, 11) is 1.82. The highest BCUT2D eigenvalue weighted by Gasteiger charge is 2.24. The fourth-order valence-electron chi connectivity index (χ4n) is 3.37. The SMILES string of the molecule is C[C@@H]1CCc2c(sc(NC(=O)CN(C)Cc3cccc(F)c3)c2C#N)C1. The molecule has 136 valence electrons. The number of fused-ring (bicyclic) bond motifs is 1. The van der Waals surface area contributed by atoms with E-state index >= 15 is 0 Å². The Morgan fingerprint density at radius 2 is 2.31 bits per heavy atom. The number of thiophene rings is 1. The first kappa shape index (κ1) is 18.6. The Hall–Kier alpha value is -2.23. The van der Waals surface area contributed by atoms with Crippen molar-refractivity contribution >= 4 is 22.2 Å². The average molecular weight is 371 g/mol. The van der Waals surface area contributed by atoms with Crippen LogP contribution in [0.1, 0.15) is 34.9 Å². The van der Waals surface area contributed by atoms with Gasteiger partial charge in [-0.15, -0.1) is 11.3 Å². The summed E-state index contributed by atoms with van der Waals surface area (Å²) in [6, 6.07) is 8.63. The van der Waals surface area contributed by atoms with E-state index in [4.69, 9.17) is 0 Å². The number of hydrogen-bond acceptors (Lipinski definition) is 4. The van der Waals surface area contributed by atoms with Crippen LogP contribution in [0, 0.1) is 23.1 Å². The van der Waals surface area contributed by atoms with Crippen LogP contribution in [0.15, 0.2) is 24.3 Å². The number of anilines is 1. The van der Waals surface area contributed by atoms with Gasteiger partial charge in [0, 0.05) is 11.4 Å². The Bertz CT molecular complexity index is 855. The molecule has 1 amide bonds. The molecule has 0 saturated carbocycles. The van der Waals surface area contributed by atoms with Gasteiger partial charge in [0.1, 0.15) is 16.9 Å². The van der Waals surface area contributed by atoms with Gasteiger partial charge in [-0.2, -0.15) is 5.26 Å². The summed E-state index contributed by atoms with van der Waals surface area (Å²) in [5, 5.41) is 13.1. The largest absolute Gasteiger partial charge is 0.315 e. The molecule has 6 heteroatoms. The van der Waals surface area contributed by atoms with Crippen molar-refractivity contribution in [3.63, 3.8) is 0 Å². The molecule has 0 bridgehead atoms. The minimum atomic E-state index is -0.280. The van der Waals surface area contributed by atoms with Gasteiger partial charge >= 0.3 is 0 Å². The van der Waals surface area contributed by atoms with Gasteiger partial charge in [-0.3, -0.25) is 9.69 Å². The first-order valence-electron chi connectivity index (χ1n) is 8.73. The molecule has 3 rings (SSSR count). The number of hydrogen-bond donors (Lipinski definition) is 1. The van der Waals surface area contributed by atoms with E-state index in [1.54, 1.807) is 6.07 Å². The third kappa shape index (κ3) is 4.29. The summed E-state index contributed by atoms with van der Waals surface area (Å²) in [5.41, 5.74) is 2.55. The minimum absolute atomic E-state index is 0.160. The normalized spacial score (nSPS) is 16.2. The second-order valence-corrected chi connectivity index (χ2v) is 8.12. The Balaban J connectivity index is 1.64. The molecule has 1 aliphatic rings. The highest BCUT2D eigenvalue weighted by atomic mass is 32.1. The number of benzene rings is 1. The molecule has 1 N–H and O–H groups in total. The summed E-state index contributed by atoms with van der Waals surface area (Å²) in [4.78, 5) is 15.4. The van der Waals surface area contributed by atoms with Gasteiger partial charge < -0.3 is 5.32 Å². The Morgan fingerprint density at radius 1 is 1.50 bits per heavy atom. The molecule has 1 aromatic carbocycles. The molecular formula is C20H22FN3OS. The molecule has 1 atom stereocenters. The zero-order chi connectivity index (χ0) is 18.7. The lowest BCUT2D eigenvalue weighted by molar-refractivity contribution is -0.117. The molecule has 1 heterocycles. The molecule has 2 aromatic rings. The van der Waals surface area contributed by atoms with Crippen molar-refractivity contribution in [1.82, 2.24) is 4.90 Å². The second kappa shape index (κ2) is 7.98. The first-order chi connectivity index (χ1) is 12.5. The van der Waals surface area contributed by atoms with E-state index in [-0.39, 0.29) is 18.3 Å². The van der Waals surface area contributed by atoms with Crippen LogP contribution in [0.5, 0.6) is 0 Å². The van der Waals surface area contributed by atoms with Gasteiger partial charge in [0.2, 0.25) is 5.91 Å². The number of carbonyl (C=O) groups is 1. The van der Waals surface area contributed by atoms with E-state index in [0.29, 0.717) is 23.0 Å². The Morgan fingerprint density at radius 3 is 3.04 bits per heavy atom. The number of likely N-dealkylation sites (N-methyl/N-ethyl adjacent to an activating group) is 1. The molecule has 1 aromatic heterocycles. The average Bonchev–Trinajstić information content (AvgIpc) is 2.90. The highest BCUT2D eigenvalue weighted by molar-refractivity contribution is 7.16. The van der Waals surface area contributed by atoms with Gasteiger partial charge in [-0.1, -0.05) is 19.1 Å². The Labute approximate surface area is 157 Å². The molecule has 0 radical (unpaired) electrons. The molecule has 0 saturated heterocycles. The number of nitrogens with one attached hydrogen (secondary N) is 1. The molecule has 0 spiro atoms. The minimum Gasteiger partial charge on any atom is -0.315 e. The molecule has 1 aliphatic carbocycles. The predicted molar refractivity (Wildman–Crippen MR) is 102 cm³/mol. The summed E-state index contributed by atoms with van der Waals surface area (Å²) in [6.45, 7) is 2.88. The summed E-state index contributed by atoms with van der Waals surface area (Å²) >= 11 is 1.53. The fraction of sp³-hybridized carbons (Fsp3) is 0.400. The number of rotatable bonds is 5. The number of nitrogens with zero attached hydrogens (tertiary/aromatic N) is 2. The van der Waals surface area contributed by atoms with Crippen LogP contribution < -0.4 is 5.32 Å². The predicted octanol–water partition coefficient (Wildman–Crippen LogP) is 3.95. The number of nitriles is 1. The van der Waals surface area contributed by atoms with Crippen molar-refractivity contribution in [3.8, 4) is 6.07 Å². The maximum absolute atomic E-state index is 13.3. The van der Waals surface area contributed by atoms with Gasteiger partial charge in [-0.25, -0.2) is 4.39 Å². The van der Waals surface area contributed by atoms with Gasteiger partial charge in [0.15, 0.2) is 0 Å². The van der Waals surface area contributed by atoms with Crippen molar-refractivity contribution in [3.05, 3.63) is 51.7 Å². The van der Waals surface area contributed by atoms with Crippen molar-refractivity contribution < 1.29 is 9.18 Å². The number of halogens is 1. The molecule has 4 nitrogen and oxygen atoms in total. The van der Waals surface area contributed by atoms with Gasteiger partial charge in [0.25, 0.3) is 0 Å². The molecule has 0 fully saturated rings. The van der Waals surface area contributed by atoms with Crippen LogP contribution in [0.4, 0.5) is 9.39 Å². The van der Waals surface area contributed by atoms with E-state index in [0.717, 1.165) is 30.4 Å². The van der Waals surface area contributed by atoms with E-state index in [9.17, 15) is 14.4 Å². The van der Waals surface area contributed by atoms with Crippen LogP contribution in [0.2, 0.25) is 0 Å². The molecule has 26 heavy (non-hydrogen) atoms. The lowest BCUT2D eigenvalue weighted by Crippen LogP contribution is -2.29. The quantitative estimate of drug-likeness (QED) is 0.866. The standard InChI is InChI=1S/C20H22FN3OS/c1-13-6-7-16-17(10-22)20(26-18(16)8-13)23-19(25)12-24(2)11-14-4-3-5-15(21)9-14/h3-5,9,13H,6-8,11-12H2,1-2H3,(H,23,25)/t13-/m1/s1. The fourth-order valence-corrected chi connectivity index (χ4v) is 4.75. The number of carbonyl (C=O) groups excluding carboxylic acids is 1. The van der Waals surface area contributed by atoms with E-state index in [2.05, 4.69) is 18.3 Å². The van der Waals surface area contributed by atoms with E-state index in [1.807, 2.05) is 18.0 Å². The molecule has 0 aliphatic heterocycles. The lowest BCUT2D eigenvalue weighted by atomic mass is 9.89. The van der Waals surface area contributed by atoms with E-state index in [1.165, 1.54) is 28.3 Å². The smallest absolute Gasteiger partial charge is 0.239 e. The zero-order valence-corrected chi connectivity index (χ0v) is 15.8. The summed E-state index contributed by atoms with van der Waals surface area (Å²) in [5.74, 6) is 0.179. The van der Waals surface area contributed by atoms with Crippen molar-refractivity contribution in [2.75, 3.05) is 18.9 Å². The van der Waals surface area contributed by atoms with Crippen LogP contribution in [-0.2, 0) is 24.2 Å². The first-order valence-corrected chi connectivity index (χ1v) is 9.55. The molecular weight excluding hydrogens is 349 g/mol.